The van der Waals surface area contributed by atoms with Crippen molar-refractivity contribution in [1.29, 1.82) is 0 Å². The molecule has 2 atom stereocenters. The first kappa shape index (κ1) is 18.6. The second kappa shape index (κ2) is 8.49. The summed E-state index contributed by atoms with van der Waals surface area (Å²) in [7, 11) is 0. The van der Waals surface area contributed by atoms with Crippen LogP contribution in [-0.2, 0) is 22.7 Å². The number of carbonyl (C=O) groups excluding carboxylic acids is 1. The van der Waals surface area contributed by atoms with E-state index in [0.717, 1.165) is 41.4 Å². The molecular weight excluding hydrogens is 326 g/mol. The van der Waals surface area contributed by atoms with Crippen molar-refractivity contribution >= 4 is 11.6 Å². The average Bonchev–Trinajstić information content (AvgIpc) is 2.90. The monoisotopic (exact) mass is 355 g/mol. The Morgan fingerprint density at radius 2 is 2.15 bits per heavy atom. The van der Waals surface area contributed by atoms with Gasteiger partial charge in [0.2, 0.25) is 5.91 Å². The molecular formula is C21H29N3O2. The van der Waals surface area contributed by atoms with Gasteiger partial charge in [0.1, 0.15) is 6.54 Å². The van der Waals surface area contributed by atoms with Crippen molar-refractivity contribution in [2.24, 2.45) is 5.92 Å². The molecule has 1 N–H and O–H groups in total. The Labute approximate surface area is 155 Å². The van der Waals surface area contributed by atoms with Crippen LogP contribution in [0.4, 0.5) is 5.69 Å². The molecule has 140 valence electrons. The fourth-order valence-corrected chi connectivity index (χ4v) is 3.65. The Hall–Kier alpha value is -2.14. The molecule has 0 radical (unpaired) electrons. The fourth-order valence-electron chi connectivity index (χ4n) is 3.65. The van der Waals surface area contributed by atoms with Gasteiger partial charge in [-0.15, -0.1) is 0 Å². The van der Waals surface area contributed by atoms with Gasteiger partial charge in [-0.3, -0.25) is 9.48 Å². The molecule has 1 amide bonds. The van der Waals surface area contributed by atoms with E-state index in [2.05, 4.69) is 17.3 Å². The number of hydrogen-bond acceptors (Lipinski definition) is 3. The number of hydrogen-bond donors (Lipinski definition) is 1. The second-order valence-electron chi connectivity index (χ2n) is 7.54. The Morgan fingerprint density at radius 1 is 1.31 bits per heavy atom. The van der Waals surface area contributed by atoms with Crippen LogP contribution in [0, 0.1) is 19.8 Å². The van der Waals surface area contributed by atoms with Gasteiger partial charge < -0.3 is 10.1 Å². The largest absolute Gasteiger partial charge is 0.374 e. The van der Waals surface area contributed by atoms with Gasteiger partial charge in [0, 0.05) is 11.4 Å². The van der Waals surface area contributed by atoms with Crippen molar-refractivity contribution in [1.82, 2.24) is 9.78 Å². The third-order valence-electron chi connectivity index (χ3n) is 4.98. The summed E-state index contributed by atoms with van der Waals surface area (Å²) in [6, 6.07) is 9.87. The minimum absolute atomic E-state index is 0.0737. The number of amides is 1. The molecule has 1 aliphatic carbocycles. The molecule has 26 heavy (non-hydrogen) atoms. The minimum Gasteiger partial charge on any atom is -0.374 e. The van der Waals surface area contributed by atoms with Gasteiger partial charge in [-0.05, 0) is 56.4 Å². The molecule has 5 heteroatoms. The standard InChI is InChI=1S/C21H29N3O2/c1-15-6-4-9-20(10-15)26-14-18-7-5-8-19(12-18)22-21(25)13-24-17(3)11-16(2)23-24/h5,7-8,11-12,15,20H,4,6,9-10,13-14H2,1-3H3,(H,22,25)/t15-,20+/m0/s1. The molecule has 0 bridgehead atoms. The van der Waals surface area contributed by atoms with Crippen molar-refractivity contribution in [3.63, 3.8) is 0 Å². The molecule has 0 unspecified atom stereocenters. The van der Waals surface area contributed by atoms with Crippen LogP contribution in [-0.4, -0.2) is 21.8 Å². The average molecular weight is 355 g/mol. The summed E-state index contributed by atoms with van der Waals surface area (Å²) in [4.78, 5) is 12.3. The molecule has 1 aliphatic rings. The fraction of sp³-hybridized carbons (Fsp3) is 0.524. The Bertz CT molecular complexity index is 753. The molecule has 3 rings (SSSR count). The van der Waals surface area contributed by atoms with Crippen molar-refractivity contribution in [2.75, 3.05) is 5.32 Å². The van der Waals surface area contributed by atoms with E-state index >= 15 is 0 Å². The van der Waals surface area contributed by atoms with Crippen LogP contribution >= 0.6 is 0 Å². The van der Waals surface area contributed by atoms with E-state index in [1.807, 2.05) is 44.2 Å². The number of rotatable bonds is 6. The van der Waals surface area contributed by atoms with Gasteiger partial charge in [-0.1, -0.05) is 31.9 Å². The highest BCUT2D eigenvalue weighted by Gasteiger charge is 2.19. The molecule has 1 fully saturated rings. The molecule has 2 aromatic rings. The topological polar surface area (TPSA) is 56.2 Å². The first-order chi connectivity index (χ1) is 12.5. The quantitative estimate of drug-likeness (QED) is 0.843. The Kier molecular flexibility index (Phi) is 6.09. The van der Waals surface area contributed by atoms with Crippen molar-refractivity contribution in [3.8, 4) is 0 Å². The lowest BCUT2D eigenvalue weighted by Crippen LogP contribution is -2.21. The van der Waals surface area contributed by atoms with E-state index in [1.165, 1.54) is 12.8 Å². The Balaban J connectivity index is 1.53. The van der Waals surface area contributed by atoms with Crippen LogP contribution in [0.3, 0.4) is 0 Å². The van der Waals surface area contributed by atoms with Crippen molar-refractivity contribution in [2.45, 2.75) is 65.7 Å². The van der Waals surface area contributed by atoms with Crippen LogP contribution in [0.25, 0.3) is 0 Å². The molecule has 0 saturated heterocycles. The lowest BCUT2D eigenvalue weighted by molar-refractivity contribution is -0.116. The normalized spacial score (nSPS) is 20.1. The first-order valence-corrected chi connectivity index (χ1v) is 9.51. The van der Waals surface area contributed by atoms with E-state index in [0.29, 0.717) is 12.7 Å². The summed E-state index contributed by atoms with van der Waals surface area (Å²) in [5.41, 5.74) is 3.80. The SMILES string of the molecule is Cc1cc(C)n(CC(=O)Nc2cccc(CO[C@@H]3CCC[C@H](C)C3)c2)n1. The van der Waals surface area contributed by atoms with Crippen LogP contribution in [0.2, 0.25) is 0 Å². The predicted octanol–water partition coefficient (Wildman–Crippen LogP) is 4.23. The summed E-state index contributed by atoms with van der Waals surface area (Å²) >= 11 is 0. The number of benzene rings is 1. The Morgan fingerprint density at radius 3 is 2.88 bits per heavy atom. The van der Waals surface area contributed by atoms with Gasteiger partial charge in [0.25, 0.3) is 0 Å². The number of carbonyl (C=O) groups is 1. The van der Waals surface area contributed by atoms with Gasteiger partial charge in [0.15, 0.2) is 0 Å². The second-order valence-corrected chi connectivity index (χ2v) is 7.54. The predicted molar refractivity (Wildman–Crippen MR) is 103 cm³/mol. The van der Waals surface area contributed by atoms with E-state index in [1.54, 1.807) is 4.68 Å². The summed E-state index contributed by atoms with van der Waals surface area (Å²) in [5, 5.41) is 7.29. The van der Waals surface area contributed by atoms with Crippen LogP contribution < -0.4 is 5.32 Å². The first-order valence-electron chi connectivity index (χ1n) is 9.51. The van der Waals surface area contributed by atoms with E-state index in [9.17, 15) is 4.79 Å². The number of anilines is 1. The molecule has 0 aliphatic heterocycles. The zero-order valence-electron chi connectivity index (χ0n) is 16.0. The van der Waals surface area contributed by atoms with E-state index in [-0.39, 0.29) is 12.5 Å². The molecule has 1 heterocycles. The number of aromatic nitrogens is 2. The smallest absolute Gasteiger partial charge is 0.246 e. The summed E-state index contributed by atoms with van der Waals surface area (Å²) in [6.45, 7) is 7.00. The third-order valence-corrected chi connectivity index (χ3v) is 4.98. The lowest BCUT2D eigenvalue weighted by atomic mass is 9.89. The zero-order chi connectivity index (χ0) is 18.5. The highest BCUT2D eigenvalue weighted by Crippen LogP contribution is 2.26. The molecule has 1 aromatic heterocycles. The third kappa shape index (κ3) is 5.18. The van der Waals surface area contributed by atoms with Gasteiger partial charge in [-0.25, -0.2) is 0 Å². The lowest BCUT2D eigenvalue weighted by Gasteiger charge is -2.26. The van der Waals surface area contributed by atoms with Gasteiger partial charge in [0.05, 0.1) is 18.4 Å². The number of nitrogens with zero attached hydrogens (tertiary/aromatic N) is 2. The highest BCUT2D eigenvalue weighted by molar-refractivity contribution is 5.90. The maximum Gasteiger partial charge on any atom is 0.246 e. The highest BCUT2D eigenvalue weighted by atomic mass is 16.5. The molecule has 0 spiro atoms. The number of ether oxygens (including phenoxy) is 1. The molecule has 1 aromatic carbocycles. The minimum atomic E-state index is -0.0737. The van der Waals surface area contributed by atoms with E-state index < -0.39 is 0 Å². The number of aryl methyl sites for hydroxylation is 2. The number of nitrogens with one attached hydrogen (secondary N) is 1. The maximum atomic E-state index is 12.3. The van der Waals surface area contributed by atoms with Crippen LogP contribution in [0.15, 0.2) is 30.3 Å². The maximum absolute atomic E-state index is 12.3. The van der Waals surface area contributed by atoms with Crippen LogP contribution in [0.1, 0.15) is 49.6 Å². The summed E-state index contributed by atoms with van der Waals surface area (Å²) in [6.07, 6.45) is 5.25. The van der Waals surface area contributed by atoms with Crippen molar-refractivity contribution < 1.29 is 9.53 Å². The summed E-state index contributed by atoms with van der Waals surface area (Å²) in [5.74, 6) is 0.684. The van der Waals surface area contributed by atoms with Crippen LogP contribution in [0.5, 0.6) is 0 Å². The van der Waals surface area contributed by atoms with E-state index in [4.69, 9.17) is 4.74 Å². The zero-order valence-corrected chi connectivity index (χ0v) is 16.0. The van der Waals surface area contributed by atoms with Gasteiger partial charge >= 0.3 is 0 Å². The molecule has 1 saturated carbocycles. The molecule has 5 nitrogen and oxygen atoms in total. The summed E-state index contributed by atoms with van der Waals surface area (Å²) < 4.78 is 7.81. The van der Waals surface area contributed by atoms with Gasteiger partial charge in [-0.2, -0.15) is 5.10 Å². The van der Waals surface area contributed by atoms with Crippen molar-refractivity contribution in [3.05, 3.63) is 47.3 Å².